The van der Waals surface area contributed by atoms with Crippen LogP contribution in [0.4, 0.5) is 0 Å². The Bertz CT molecular complexity index is 857. The zero-order valence-electron chi connectivity index (χ0n) is 22.8. The van der Waals surface area contributed by atoms with E-state index in [1.807, 2.05) is 6.07 Å². The van der Waals surface area contributed by atoms with Crippen LogP contribution in [-0.4, -0.2) is 18.2 Å². The van der Waals surface area contributed by atoms with E-state index in [1.54, 1.807) is 0 Å². The molecule has 1 saturated carbocycles. The van der Waals surface area contributed by atoms with E-state index in [0.29, 0.717) is 17.3 Å². The van der Waals surface area contributed by atoms with Gasteiger partial charge in [0, 0.05) is 5.56 Å². The summed E-state index contributed by atoms with van der Waals surface area (Å²) >= 11 is 0. The summed E-state index contributed by atoms with van der Waals surface area (Å²) in [4.78, 5) is 12.7. The predicted octanol–water partition coefficient (Wildman–Crippen LogP) is 8.71. The molecule has 3 heteroatoms. The number of carbonyl (C=O) groups excluding carboxylic acids is 1. The van der Waals surface area contributed by atoms with Crippen molar-refractivity contribution in [1.29, 1.82) is 0 Å². The molecule has 2 atom stereocenters. The van der Waals surface area contributed by atoms with Crippen LogP contribution in [0, 0.1) is 16.7 Å². The molecule has 0 saturated heterocycles. The van der Waals surface area contributed by atoms with E-state index in [1.165, 1.54) is 18.4 Å². The number of rotatable bonds is 11. The summed E-state index contributed by atoms with van der Waals surface area (Å²) in [6.45, 7) is 16.4. The molecule has 2 aliphatic rings. The highest BCUT2D eigenvalue weighted by atomic mass is 16.6. The van der Waals surface area contributed by atoms with Crippen molar-refractivity contribution < 1.29 is 14.3 Å². The lowest BCUT2D eigenvalue weighted by Gasteiger charge is -2.44. The van der Waals surface area contributed by atoms with Gasteiger partial charge in [0.05, 0.1) is 0 Å². The Morgan fingerprint density at radius 2 is 1.79 bits per heavy atom. The van der Waals surface area contributed by atoms with Crippen LogP contribution in [0.25, 0.3) is 6.08 Å². The molecule has 1 fully saturated rings. The summed E-state index contributed by atoms with van der Waals surface area (Å²) < 4.78 is 12.0. The summed E-state index contributed by atoms with van der Waals surface area (Å²) in [6, 6.07) is 6.37. The second kappa shape index (κ2) is 10.9. The first-order chi connectivity index (χ1) is 16.1. The summed E-state index contributed by atoms with van der Waals surface area (Å²) in [7, 11) is 0. The third-order valence-corrected chi connectivity index (χ3v) is 9.14. The van der Waals surface area contributed by atoms with Gasteiger partial charge in [0.1, 0.15) is 11.4 Å². The molecule has 3 nitrogen and oxygen atoms in total. The zero-order chi connectivity index (χ0) is 25.0. The minimum Gasteiger partial charge on any atom is -0.481 e. The smallest absolute Gasteiger partial charge is 0.344 e. The molecule has 34 heavy (non-hydrogen) atoms. The minimum absolute atomic E-state index is 0.0243. The molecule has 0 spiro atoms. The van der Waals surface area contributed by atoms with Gasteiger partial charge in [0.2, 0.25) is 0 Å². The van der Waals surface area contributed by atoms with Crippen LogP contribution in [0.15, 0.2) is 24.3 Å². The number of hydrogen-bond donors (Lipinski definition) is 0. The van der Waals surface area contributed by atoms with E-state index in [2.05, 4.69) is 72.8 Å². The average molecular weight is 469 g/mol. The second-order valence-electron chi connectivity index (χ2n) is 12.2. The van der Waals surface area contributed by atoms with Gasteiger partial charge in [-0.2, -0.15) is 0 Å². The lowest BCUT2D eigenvalue weighted by Crippen LogP contribution is -2.34. The lowest BCUT2D eigenvalue weighted by atomic mass is 9.60. The lowest BCUT2D eigenvalue weighted by molar-refractivity contribution is -0.162. The summed E-state index contributed by atoms with van der Waals surface area (Å²) in [5.41, 5.74) is 2.80. The quantitative estimate of drug-likeness (QED) is 0.305. The van der Waals surface area contributed by atoms with Crippen LogP contribution >= 0.6 is 0 Å². The minimum atomic E-state index is -0.271. The van der Waals surface area contributed by atoms with E-state index in [-0.39, 0.29) is 23.6 Å². The Morgan fingerprint density at radius 1 is 1.09 bits per heavy atom. The molecule has 0 aliphatic heterocycles. The van der Waals surface area contributed by atoms with E-state index in [0.717, 1.165) is 56.3 Å². The van der Waals surface area contributed by atoms with Gasteiger partial charge in [-0.05, 0) is 79.2 Å². The van der Waals surface area contributed by atoms with Gasteiger partial charge in [-0.1, -0.05) is 85.6 Å². The number of hydrogen-bond acceptors (Lipinski definition) is 3. The van der Waals surface area contributed by atoms with Crippen molar-refractivity contribution in [2.45, 2.75) is 118 Å². The third kappa shape index (κ3) is 6.07. The highest BCUT2D eigenvalue weighted by Crippen LogP contribution is 2.51. The van der Waals surface area contributed by atoms with Gasteiger partial charge in [-0.25, -0.2) is 4.79 Å². The standard InChI is InChI=1S/C31H48O3/c1-8-29(4,5)21-26(30(6,7)9-2)24-16-13-17-25-23(24)15-14-18-27(25)33-22-28(32)34-31(10-3)19-11-12-20-31/h13-15,17-18,24,26H,8-12,16,19-22H2,1-7H3. The van der Waals surface area contributed by atoms with E-state index in [4.69, 9.17) is 9.47 Å². The van der Waals surface area contributed by atoms with Crippen molar-refractivity contribution in [2.24, 2.45) is 16.7 Å². The Balaban J connectivity index is 1.81. The Morgan fingerprint density at radius 3 is 2.41 bits per heavy atom. The average Bonchev–Trinajstić information content (AvgIpc) is 3.29. The maximum atomic E-state index is 12.7. The Labute approximate surface area is 208 Å². The number of carbonyl (C=O) groups is 1. The van der Waals surface area contributed by atoms with Crippen molar-refractivity contribution in [1.82, 2.24) is 0 Å². The van der Waals surface area contributed by atoms with Crippen LogP contribution in [0.3, 0.4) is 0 Å². The van der Waals surface area contributed by atoms with Crippen LogP contribution in [-0.2, 0) is 9.53 Å². The Kier molecular flexibility index (Phi) is 8.58. The number of allylic oxidation sites excluding steroid dienone is 1. The molecule has 2 unspecified atom stereocenters. The van der Waals surface area contributed by atoms with Gasteiger partial charge in [-0.15, -0.1) is 0 Å². The SMILES string of the molecule is CCC(C)(C)CC(C1CC=Cc2c(OCC(=O)OC3(CC)CCCC3)cccc21)C(C)(C)CC. The summed E-state index contributed by atoms with van der Waals surface area (Å²) in [6.07, 6.45) is 14.2. The summed E-state index contributed by atoms with van der Waals surface area (Å²) in [5, 5.41) is 0. The molecule has 0 bridgehead atoms. The molecule has 0 amide bonds. The number of fused-ring (bicyclic) bond motifs is 1. The van der Waals surface area contributed by atoms with Crippen LogP contribution in [0.1, 0.15) is 123 Å². The molecule has 190 valence electrons. The fourth-order valence-electron chi connectivity index (χ4n) is 5.95. The van der Waals surface area contributed by atoms with E-state index in [9.17, 15) is 4.79 Å². The van der Waals surface area contributed by atoms with Crippen molar-refractivity contribution >= 4 is 12.0 Å². The van der Waals surface area contributed by atoms with Crippen molar-refractivity contribution in [2.75, 3.05) is 6.61 Å². The molecule has 0 N–H and O–H groups in total. The maximum absolute atomic E-state index is 12.7. The molecule has 0 aromatic heterocycles. The number of ether oxygens (including phenoxy) is 2. The van der Waals surface area contributed by atoms with Gasteiger partial charge in [0.15, 0.2) is 6.61 Å². The van der Waals surface area contributed by atoms with Gasteiger partial charge in [0.25, 0.3) is 0 Å². The molecule has 3 rings (SSSR count). The fraction of sp³-hybridized carbons (Fsp3) is 0.710. The molecule has 2 aliphatic carbocycles. The predicted molar refractivity (Wildman–Crippen MR) is 142 cm³/mol. The molecule has 0 heterocycles. The van der Waals surface area contributed by atoms with Gasteiger partial charge in [-0.3, -0.25) is 0 Å². The largest absolute Gasteiger partial charge is 0.481 e. The first kappa shape index (κ1) is 26.8. The Hall–Kier alpha value is -1.77. The van der Waals surface area contributed by atoms with E-state index >= 15 is 0 Å². The molecular weight excluding hydrogens is 420 g/mol. The highest BCUT2D eigenvalue weighted by Gasteiger charge is 2.40. The van der Waals surface area contributed by atoms with Crippen LogP contribution < -0.4 is 4.74 Å². The van der Waals surface area contributed by atoms with Gasteiger partial charge < -0.3 is 9.47 Å². The fourth-order valence-corrected chi connectivity index (χ4v) is 5.95. The second-order valence-corrected chi connectivity index (χ2v) is 12.2. The molecule has 1 aromatic carbocycles. The first-order valence-electron chi connectivity index (χ1n) is 13.7. The maximum Gasteiger partial charge on any atom is 0.344 e. The zero-order valence-corrected chi connectivity index (χ0v) is 22.8. The molecule has 1 aromatic rings. The van der Waals surface area contributed by atoms with Crippen molar-refractivity contribution in [3.8, 4) is 5.75 Å². The number of benzene rings is 1. The molecular formula is C31H48O3. The third-order valence-electron chi connectivity index (χ3n) is 9.14. The van der Waals surface area contributed by atoms with Crippen molar-refractivity contribution in [3.63, 3.8) is 0 Å². The van der Waals surface area contributed by atoms with Crippen LogP contribution in [0.5, 0.6) is 5.75 Å². The normalized spacial score (nSPS) is 20.6. The number of esters is 1. The van der Waals surface area contributed by atoms with Crippen LogP contribution in [0.2, 0.25) is 0 Å². The highest BCUT2D eigenvalue weighted by molar-refractivity contribution is 5.72. The first-order valence-corrected chi connectivity index (χ1v) is 13.7. The van der Waals surface area contributed by atoms with Crippen molar-refractivity contribution in [3.05, 3.63) is 35.4 Å². The summed E-state index contributed by atoms with van der Waals surface area (Å²) in [5.74, 6) is 1.59. The van der Waals surface area contributed by atoms with E-state index < -0.39 is 0 Å². The molecule has 0 radical (unpaired) electrons. The van der Waals surface area contributed by atoms with Gasteiger partial charge >= 0.3 is 5.97 Å². The monoisotopic (exact) mass is 468 g/mol. The topological polar surface area (TPSA) is 35.5 Å².